The van der Waals surface area contributed by atoms with Crippen molar-refractivity contribution in [1.82, 2.24) is 0 Å². The van der Waals surface area contributed by atoms with E-state index in [1.165, 1.54) is 35.6 Å². The maximum absolute atomic E-state index is 13.1. The Bertz CT molecular complexity index is 1010. The van der Waals surface area contributed by atoms with Gasteiger partial charge in [-0.3, -0.25) is 9.59 Å². The van der Waals surface area contributed by atoms with Gasteiger partial charge < -0.3 is 10.6 Å². The lowest BCUT2D eigenvalue weighted by Gasteiger charge is -2.24. The van der Waals surface area contributed by atoms with Crippen molar-refractivity contribution in [2.24, 2.45) is 0 Å². The molecule has 1 aliphatic heterocycles. The summed E-state index contributed by atoms with van der Waals surface area (Å²) in [6, 6.07) is 15.5. The van der Waals surface area contributed by atoms with Gasteiger partial charge in [-0.25, -0.2) is 4.39 Å². The van der Waals surface area contributed by atoms with Gasteiger partial charge in [-0.1, -0.05) is 30.3 Å². The fourth-order valence-electron chi connectivity index (χ4n) is 3.41. The average molecular weight is 380 g/mol. The van der Waals surface area contributed by atoms with Crippen molar-refractivity contribution < 1.29 is 14.0 Å². The molecule has 0 aliphatic carbocycles. The first-order valence-electron chi connectivity index (χ1n) is 8.58. The molecule has 2 N–H and O–H groups in total. The number of rotatable bonds is 3. The average Bonchev–Trinajstić information content (AvgIpc) is 3.00. The van der Waals surface area contributed by atoms with Crippen molar-refractivity contribution in [1.29, 1.82) is 0 Å². The summed E-state index contributed by atoms with van der Waals surface area (Å²) in [5.41, 5.74) is 3.44. The summed E-state index contributed by atoms with van der Waals surface area (Å²) >= 11 is 1.28. The van der Waals surface area contributed by atoms with Crippen LogP contribution < -0.4 is 10.6 Å². The number of amides is 2. The second-order valence-electron chi connectivity index (χ2n) is 6.48. The van der Waals surface area contributed by atoms with Gasteiger partial charge in [0.15, 0.2) is 0 Å². The van der Waals surface area contributed by atoms with E-state index in [2.05, 4.69) is 10.6 Å². The summed E-state index contributed by atoms with van der Waals surface area (Å²) in [4.78, 5) is 25.5. The molecule has 27 heavy (non-hydrogen) atoms. The highest BCUT2D eigenvalue weighted by Crippen LogP contribution is 2.45. The molecule has 0 spiro atoms. The van der Waals surface area contributed by atoms with Gasteiger partial charge in [-0.05, 0) is 47.9 Å². The lowest BCUT2D eigenvalue weighted by Crippen LogP contribution is -2.22. The van der Waals surface area contributed by atoms with Crippen LogP contribution in [-0.4, -0.2) is 11.8 Å². The lowest BCUT2D eigenvalue weighted by molar-refractivity contribution is -0.116. The molecule has 2 heterocycles. The molecule has 1 aliphatic rings. The Morgan fingerprint density at radius 2 is 1.85 bits per heavy atom. The second kappa shape index (κ2) is 6.96. The van der Waals surface area contributed by atoms with Crippen LogP contribution >= 0.6 is 11.3 Å². The van der Waals surface area contributed by atoms with Crippen molar-refractivity contribution >= 4 is 33.8 Å². The highest BCUT2D eigenvalue weighted by Gasteiger charge is 2.32. The minimum Gasteiger partial charge on any atom is -0.321 e. The van der Waals surface area contributed by atoms with E-state index < -0.39 is 0 Å². The Labute approximate surface area is 160 Å². The molecule has 0 bridgehead atoms. The van der Waals surface area contributed by atoms with Crippen molar-refractivity contribution in [3.05, 3.63) is 82.0 Å². The zero-order valence-electron chi connectivity index (χ0n) is 14.6. The molecule has 0 fully saturated rings. The smallest absolute Gasteiger partial charge is 0.266 e. The SMILES string of the molecule is Cc1c(C(=O)Nc2ccc(F)cc2)sc2c1[C@@H](c1ccccc1)CC(=O)N2. The molecule has 6 heteroatoms. The van der Waals surface area contributed by atoms with Gasteiger partial charge >= 0.3 is 0 Å². The van der Waals surface area contributed by atoms with Crippen LogP contribution in [0.5, 0.6) is 0 Å². The highest BCUT2D eigenvalue weighted by atomic mass is 32.1. The zero-order chi connectivity index (χ0) is 19.0. The first-order chi connectivity index (χ1) is 13.0. The third-order valence-corrected chi connectivity index (χ3v) is 5.92. The molecule has 0 saturated heterocycles. The number of nitrogens with one attached hydrogen (secondary N) is 2. The number of hydrogen-bond acceptors (Lipinski definition) is 3. The highest BCUT2D eigenvalue weighted by molar-refractivity contribution is 7.18. The predicted octanol–water partition coefficient (Wildman–Crippen LogP) is 4.92. The van der Waals surface area contributed by atoms with Gasteiger partial charge in [-0.15, -0.1) is 11.3 Å². The summed E-state index contributed by atoms with van der Waals surface area (Å²) in [6.07, 6.45) is 0.355. The minimum absolute atomic E-state index is 0.0527. The van der Waals surface area contributed by atoms with Gasteiger partial charge in [0.25, 0.3) is 5.91 Å². The molecular formula is C21H17FN2O2S. The van der Waals surface area contributed by atoms with Crippen LogP contribution in [0.15, 0.2) is 54.6 Å². The molecule has 4 nitrogen and oxygen atoms in total. The van der Waals surface area contributed by atoms with Crippen LogP contribution in [0.1, 0.15) is 38.7 Å². The lowest BCUT2D eigenvalue weighted by atomic mass is 9.85. The number of benzene rings is 2. The van der Waals surface area contributed by atoms with Gasteiger partial charge in [0.05, 0.1) is 9.88 Å². The molecule has 2 aromatic carbocycles. The van der Waals surface area contributed by atoms with Crippen LogP contribution in [0.25, 0.3) is 0 Å². The number of thiophene rings is 1. The van der Waals surface area contributed by atoms with E-state index in [0.29, 0.717) is 17.0 Å². The Morgan fingerprint density at radius 3 is 2.56 bits per heavy atom. The normalized spacial score (nSPS) is 15.8. The van der Waals surface area contributed by atoms with Crippen LogP contribution in [0.3, 0.4) is 0 Å². The van der Waals surface area contributed by atoms with E-state index in [1.54, 1.807) is 0 Å². The number of carbonyl (C=O) groups is 2. The predicted molar refractivity (Wildman–Crippen MR) is 105 cm³/mol. The molecule has 0 unspecified atom stereocenters. The van der Waals surface area contributed by atoms with E-state index >= 15 is 0 Å². The van der Waals surface area contributed by atoms with E-state index in [1.807, 2.05) is 37.3 Å². The first-order valence-corrected chi connectivity index (χ1v) is 9.39. The van der Waals surface area contributed by atoms with Crippen molar-refractivity contribution in [3.8, 4) is 0 Å². The van der Waals surface area contributed by atoms with Crippen LogP contribution in [0.2, 0.25) is 0 Å². The summed E-state index contributed by atoms with van der Waals surface area (Å²) < 4.78 is 13.1. The first kappa shape index (κ1) is 17.4. The Balaban J connectivity index is 1.69. The summed E-state index contributed by atoms with van der Waals surface area (Å²) in [5.74, 6) is -0.745. The fraction of sp³-hybridized carbons (Fsp3) is 0.143. The summed E-state index contributed by atoms with van der Waals surface area (Å²) in [6.45, 7) is 1.91. The molecule has 2 amide bonds. The molecule has 0 saturated carbocycles. The largest absolute Gasteiger partial charge is 0.321 e. The Kier molecular flexibility index (Phi) is 4.49. The van der Waals surface area contributed by atoms with Gasteiger partial charge in [0, 0.05) is 18.0 Å². The molecule has 3 aromatic rings. The van der Waals surface area contributed by atoms with Crippen molar-refractivity contribution in [2.75, 3.05) is 10.6 Å². The topological polar surface area (TPSA) is 58.2 Å². The molecule has 4 rings (SSSR count). The summed E-state index contributed by atoms with van der Waals surface area (Å²) in [5, 5.41) is 6.41. The van der Waals surface area contributed by atoms with E-state index in [9.17, 15) is 14.0 Å². The van der Waals surface area contributed by atoms with E-state index in [-0.39, 0.29) is 23.5 Å². The van der Waals surface area contributed by atoms with Crippen molar-refractivity contribution in [3.63, 3.8) is 0 Å². The standard InChI is InChI=1S/C21H17FN2O2S/c1-12-18-16(13-5-3-2-4-6-13)11-17(25)24-21(18)27-19(12)20(26)23-15-9-7-14(22)8-10-15/h2-10,16H,11H2,1H3,(H,23,26)(H,24,25)/t16-/m1/s1. The van der Waals surface area contributed by atoms with Gasteiger partial charge in [-0.2, -0.15) is 0 Å². The summed E-state index contributed by atoms with van der Waals surface area (Å²) in [7, 11) is 0. The molecule has 136 valence electrons. The van der Waals surface area contributed by atoms with Gasteiger partial charge in [0.1, 0.15) is 5.82 Å². The quantitative estimate of drug-likeness (QED) is 0.677. The number of carbonyl (C=O) groups excluding carboxylic acids is 2. The maximum atomic E-state index is 13.1. The zero-order valence-corrected chi connectivity index (χ0v) is 15.4. The van der Waals surface area contributed by atoms with Crippen LogP contribution in [-0.2, 0) is 4.79 Å². The minimum atomic E-state index is -0.357. The maximum Gasteiger partial charge on any atom is 0.266 e. The van der Waals surface area contributed by atoms with Crippen LogP contribution in [0, 0.1) is 12.7 Å². The Hall–Kier alpha value is -2.99. The molecular weight excluding hydrogens is 363 g/mol. The third kappa shape index (κ3) is 3.36. The van der Waals surface area contributed by atoms with Gasteiger partial charge in [0.2, 0.25) is 5.91 Å². The van der Waals surface area contributed by atoms with E-state index in [4.69, 9.17) is 0 Å². The number of hydrogen-bond donors (Lipinski definition) is 2. The second-order valence-corrected chi connectivity index (χ2v) is 7.50. The Morgan fingerprint density at radius 1 is 1.15 bits per heavy atom. The molecule has 0 radical (unpaired) electrons. The van der Waals surface area contributed by atoms with Crippen LogP contribution in [0.4, 0.5) is 15.1 Å². The number of anilines is 2. The third-order valence-electron chi connectivity index (χ3n) is 4.69. The number of fused-ring (bicyclic) bond motifs is 1. The van der Waals surface area contributed by atoms with Crippen molar-refractivity contribution in [2.45, 2.75) is 19.3 Å². The van der Waals surface area contributed by atoms with E-state index in [0.717, 1.165) is 21.7 Å². The molecule has 1 atom stereocenters. The monoisotopic (exact) mass is 380 g/mol. The molecule has 1 aromatic heterocycles. The fourth-order valence-corrected chi connectivity index (χ4v) is 4.59. The number of halogens is 1.